The van der Waals surface area contributed by atoms with Gasteiger partial charge in [-0.05, 0) is 12.1 Å². The van der Waals surface area contributed by atoms with E-state index in [1.54, 1.807) is 0 Å². The molecule has 30 heavy (non-hydrogen) atoms. The fourth-order valence-corrected chi connectivity index (χ4v) is 2.53. The molecule has 0 aliphatic carbocycles. The highest BCUT2D eigenvalue weighted by Gasteiger charge is 2.25. The topological polar surface area (TPSA) is 185 Å². The monoisotopic (exact) mass is 418 g/mol. The van der Waals surface area contributed by atoms with Crippen LogP contribution >= 0.6 is 0 Å². The van der Waals surface area contributed by atoms with Crippen molar-refractivity contribution in [2.45, 2.75) is 0 Å². The molecule has 0 heterocycles. The minimum Gasteiger partial charge on any atom is -0.465 e. The summed E-state index contributed by atoms with van der Waals surface area (Å²) in [6, 6.07) is 4.63. The maximum Gasteiger partial charge on any atom is 0.338 e. The highest BCUT2D eigenvalue weighted by molar-refractivity contribution is 6.02. The number of rotatable bonds is 6. The number of non-ortho nitro benzene ring substituents is 2. The van der Waals surface area contributed by atoms with Gasteiger partial charge in [0.2, 0.25) is 0 Å². The van der Waals surface area contributed by atoms with E-state index in [1.165, 1.54) is 0 Å². The number of hydrogen-bond acceptors (Lipinski definition) is 9. The lowest BCUT2D eigenvalue weighted by molar-refractivity contribution is -0.384. The van der Waals surface area contributed by atoms with Crippen LogP contribution in [0.25, 0.3) is 0 Å². The van der Waals surface area contributed by atoms with Gasteiger partial charge in [0.15, 0.2) is 0 Å². The molecule has 0 fully saturated rings. The van der Waals surface area contributed by atoms with E-state index >= 15 is 0 Å². The Bertz CT molecular complexity index is 990. The first-order chi connectivity index (χ1) is 14.1. The normalized spacial score (nSPS) is 10.1. The van der Waals surface area contributed by atoms with E-state index in [0.717, 1.165) is 50.6 Å². The molecule has 0 radical (unpaired) electrons. The maximum absolute atomic E-state index is 12.1. The summed E-state index contributed by atoms with van der Waals surface area (Å²) in [4.78, 5) is 57.4. The van der Waals surface area contributed by atoms with Crippen molar-refractivity contribution in [1.82, 2.24) is 0 Å². The molecule has 0 atom stereocenters. The lowest BCUT2D eigenvalue weighted by Crippen LogP contribution is -2.32. The number of hydrogen-bond donors (Lipinski definition) is 1. The Balaban J connectivity index is 2.78. The number of nitrogens with two attached hydrogens (primary N) is 1. The molecule has 0 spiro atoms. The van der Waals surface area contributed by atoms with Crippen molar-refractivity contribution in [2.24, 2.45) is 5.73 Å². The van der Waals surface area contributed by atoms with E-state index in [1.807, 2.05) is 0 Å². The number of carbonyl (C=O) groups excluding carboxylic acids is 3. The molecule has 0 saturated heterocycles. The molecule has 2 aromatic carbocycles. The Morgan fingerprint density at radius 3 is 1.43 bits per heavy atom. The van der Waals surface area contributed by atoms with Crippen molar-refractivity contribution in [3.63, 3.8) is 0 Å². The predicted octanol–water partition coefficient (Wildman–Crippen LogP) is 2.29. The predicted molar refractivity (Wildman–Crippen MR) is 101 cm³/mol. The molecule has 0 aromatic heterocycles. The van der Waals surface area contributed by atoms with Crippen LogP contribution in [-0.4, -0.2) is 42.0 Å². The maximum atomic E-state index is 12.1. The van der Waals surface area contributed by atoms with Crippen LogP contribution in [0.4, 0.5) is 27.5 Å². The summed E-state index contributed by atoms with van der Waals surface area (Å²) in [5.74, 6) is -1.86. The molecule has 2 rings (SSSR count). The smallest absolute Gasteiger partial charge is 0.338 e. The summed E-state index contributed by atoms with van der Waals surface area (Å²) in [7, 11) is 2.10. The van der Waals surface area contributed by atoms with Crippen LogP contribution in [0, 0.1) is 20.2 Å². The zero-order valence-corrected chi connectivity index (χ0v) is 15.6. The first-order valence-electron chi connectivity index (χ1n) is 7.94. The van der Waals surface area contributed by atoms with Crippen LogP contribution in [0.1, 0.15) is 20.7 Å². The van der Waals surface area contributed by atoms with Gasteiger partial charge in [-0.25, -0.2) is 14.4 Å². The Morgan fingerprint density at radius 2 is 1.17 bits per heavy atom. The average Bonchev–Trinajstić information content (AvgIpc) is 2.71. The summed E-state index contributed by atoms with van der Waals surface area (Å²) < 4.78 is 9.08. The van der Waals surface area contributed by atoms with E-state index < -0.39 is 39.2 Å². The standard InChI is InChI=1S/C17H14N4O9/c1-29-15(22)9-3-11(7-13(5-9)20(25)26)19(17(18)24)12-4-10(16(23)30-2)6-14(8-12)21(27)28/h3-8H,1-2H3,(H2,18,24). The largest absolute Gasteiger partial charge is 0.465 e. The molecular formula is C17H14N4O9. The molecule has 2 N–H and O–H groups in total. The molecule has 2 amide bonds. The lowest BCUT2D eigenvalue weighted by Gasteiger charge is -2.21. The van der Waals surface area contributed by atoms with Gasteiger partial charge < -0.3 is 15.2 Å². The van der Waals surface area contributed by atoms with E-state index in [2.05, 4.69) is 9.47 Å². The summed E-state index contributed by atoms with van der Waals surface area (Å²) >= 11 is 0. The van der Waals surface area contributed by atoms with Crippen molar-refractivity contribution >= 4 is 40.7 Å². The molecule has 0 aliphatic heterocycles. The average molecular weight is 418 g/mol. The van der Waals surface area contributed by atoms with Gasteiger partial charge in [0.05, 0.1) is 46.6 Å². The zero-order valence-electron chi connectivity index (χ0n) is 15.6. The summed E-state index contributed by atoms with van der Waals surface area (Å²) in [5, 5.41) is 22.5. The first kappa shape index (κ1) is 21.7. The van der Waals surface area contributed by atoms with Gasteiger partial charge in [-0.2, -0.15) is 0 Å². The highest BCUT2D eigenvalue weighted by Crippen LogP contribution is 2.33. The summed E-state index contributed by atoms with van der Waals surface area (Å²) in [6.45, 7) is 0. The fourth-order valence-electron chi connectivity index (χ4n) is 2.53. The van der Waals surface area contributed by atoms with E-state index in [0.29, 0.717) is 4.90 Å². The van der Waals surface area contributed by atoms with Crippen LogP contribution in [0.2, 0.25) is 0 Å². The second kappa shape index (κ2) is 8.64. The van der Waals surface area contributed by atoms with Gasteiger partial charge in [0, 0.05) is 24.3 Å². The Hall–Kier alpha value is -4.55. The molecule has 2 aromatic rings. The number of nitrogens with zero attached hydrogens (tertiary/aromatic N) is 3. The van der Waals surface area contributed by atoms with Crippen LogP contribution in [0.3, 0.4) is 0 Å². The fraction of sp³-hybridized carbons (Fsp3) is 0.118. The van der Waals surface area contributed by atoms with Crippen LogP contribution < -0.4 is 10.6 Å². The van der Waals surface area contributed by atoms with Crippen molar-refractivity contribution < 1.29 is 33.7 Å². The number of benzene rings is 2. The molecule has 0 unspecified atom stereocenters. The quantitative estimate of drug-likeness (QED) is 0.417. The lowest BCUT2D eigenvalue weighted by atomic mass is 10.1. The number of urea groups is 1. The Kier molecular flexibility index (Phi) is 6.26. The number of nitro groups is 2. The number of amides is 2. The van der Waals surface area contributed by atoms with Crippen LogP contribution in [0.15, 0.2) is 36.4 Å². The van der Waals surface area contributed by atoms with Crippen molar-refractivity contribution in [3.05, 3.63) is 67.8 Å². The van der Waals surface area contributed by atoms with Gasteiger partial charge in [0.25, 0.3) is 11.4 Å². The van der Waals surface area contributed by atoms with Gasteiger partial charge >= 0.3 is 18.0 Å². The molecular weight excluding hydrogens is 404 g/mol. The number of methoxy groups -OCH3 is 2. The number of primary amides is 1. The zero-order chi connectivity index (χ0) is 22.6. The van der Waals surface area contributed by atoms with E-state index in [9.17, 15) is 34.6 Å². The number of ether oxygens (including phenoxy) is 2. The second-order valence-corrected chi connectivity index (χ2v) is 5.65. The van der Waals surface area contributed by atoms with Crippen LogP contribution in [0.5, 0.6) is 0 Å². The minimum atomic E-state index is -1.19. The van der Waals surface area contributed by atoms with Gasteiger partial charge in [-0.1, -0.05) is 0 Å². The van der Waals surface area contributed by atoms with Crippen molar-refractivity contribution in [1.29, 1.82) is 0 Å². The molecule has 0 saturated carbocycles. The SMILES string of the molecule is COC(=O)c1cc(N(C(N)=O)c2cc(C(=O)OC)cc([N+](=O)[O-])c2)cc([N+](=O)[O-])c1. The van der Waals surface area contributed by atoms with Gasteiger partial charge in [0.1, 0.15) is 0 Å². The number of anilines is 2. The Morgan fingerprint density at radius 1 is 0.800 bits per heavy atom. The van der Waals surface area contributed by atoms with E-state index in [-0.39, 0.29) is 22.5 Å². The Labute approximate surface area is 167 Å². The molecule has 156 valence electrons. The van der Waals surface area contributed by atoms with Gasteiger partial charge in [-0.15, -0.1) is 0 Å². The second-order valence-electron chi connectivity index (χ2n) is 5.65. The molecule has 0 bridgehead atoms. The third-order valence-corrected chi connectivity index (χ3v) is 3.81. The summed E-state index contributed by atoms with van der Waals surface area (Å²) in [5.41, 5.74) is 3.19. The third kappa shape index (κ3) is 4.46. The van der Waals surface area contributed by atoms with Gasteiger partial charge in [-0.3, -0.25) is 25.1 Å². The molecule has 0 aliphatic rings. The van der Waals surface area contributed by atoms with Crippen molar-refractivity contribution in [2.75, 3.05) is 19.1 Å². The first-order valence-corrected chi connectivity index (χ1v) is 7.94. The number of carbonyl (C=O) groups is 3. The summed E-state index contributed by atoms with van der Waals surface area (Å²) in [6.07, 6.45) is 0. The molecule has 13 heteroatoms. The number of esters is 2. The highest BCUT2D eigenvalue weighted by atomic mass is 16.6. The number of nitro benzene ring substituents is 2. The molecule has 13 nitrogen and oxygen atoms in total. The van der Waals surface area contributed by atoms with Crippen molar-refractivity contribution in [3.8, 4) is 0 Å². The van der Waals surface area contributed by atoms with Crippen LogP contribution in [-0.2, 0) is 9.47 Å². The minimum absolute atomic E-state index is 0.256. The van der Waals surface area contributed by atoms with E-state index in [4.69, 9.17) is 5.73 Å². The third-order valence-electron chi connectivity index (χ3n) is 3.81.